The molecule has 0 spiro atoms. The van der Waals surface area contributed by atoms with Crippen LogP contribution < -0.4 is 0 Å². The molecule has 2 heterocycles. The summed E-state index contributed by atoms with van der Waals surface area (Å²) in [5.74, 6) is -3.43. The number of esters is 3. The van der Waals surface area contributed by atoms with Crippen molar-refractivity contribution in [2.24, 2.45) is 17.8 Å². The molecule has 0 N–H and O–H groups in total. The predicted molar refractivity (Wildman–Crippen MR) is 100 cm³/mol. The second kappa shape index (κ2) is 7.54. The minimum absolute atomic E-state index is 0.0486. The fourth-order valence-electron chi connectivity index (χ4n) is 4.61. The number of benzene rings is 1. The summed E-state index contributed by atoms with van der Waals surface area (Å²) < 4.78 is 15.8. The predicted octanol–water partition coefficient (Wildman–Crippen LogP) is 1.96. The van der Waals surface area contributed by atoms with E-state index in [1.165, 1.54) is 14.2 Å². The number of fused-ring (bicyclic) bond motifs is 1. The highest BCUT2D eigenvalue weighted by Crippen LogP contribution is 2.51. The number of morpholine rings is 1. The molecule has 2 aliphatic heterocycles. The molecule has 1 aromatic rings. The summed E-state index contributed by atoms with van der Waals surface area (Å²) in [6.45, 7) is 5.84. The van der Waals surface area contributed by atoms with E-state index in [-0.39, 0.29) is 18.5 Å². The van der Waals surface area contributed by atoms with Crippen LogP contribution in [0.3, 0.4) is 0 Å². The molecule has 2 fully saturated rings. The highest BCUT2D eigenvalue weighted by Gasteiger charge is 2.67. The molecule has 0 amide bonds. The smallest absolute Gasteiger partial charge is 0.327 e. The zero-order valence-electron chi connectivity index (χ0n) is 16.9. The van der Waals surface area contributed by atoms with Crippen LogP contribution >= 0.6 is 0 Å². The van der Waals surface area contributed by atoms with Gasteiger partial charge in [0.05, 0.1) is 26.2 Å². The van der Waals surface area contributed by atoms with E-state index in [1.54, 1.807) is 6.92 Å². The average molecular weight is 389 g/mol. The highest BCUT2D eigenvalue weighted by molar-refractivity contribution is 5.94. The number of nitrogens with zero attached hydrogens (tertiary/aromatic N) is 1. The van der Waals surface area contributed by atoms with Gasteiger partial charge in [0.2, 0.25) is 0 Å². The first-order valence-corrected chi connectivity index (χ1v) is 9.45. The highest BCUT2D eigenvalue weighted by atomic mass is 16.6. The maximum atomic E-state index is 13.2. The average Bonchev–Trinajstić information content (AvgIpc) is 3.02. The normalized spacial score (nSPS) is 32.6. The molecule has 28 heavy (non-hydrogen) atoms. The summed E-state index contributed by atoms with van der Waals surface area (Å²) in [5, 5.41) is 0. The van der Waals surface area contributed by atoms with Gasteiger partial charge in [-0.25, -0.2) is 0 Å². The maximum Gasteiger partial charge on any atom is 0.327 e. The summed E-state index contributed by atoms with van der Waals surface area (Å²) in [7, 11) is 2.53. The molecule has 0 bridgehead atoms. The van der Waals surface area contributed by atoms with E-state index in [4.69, 9.17) is 14.2 Å². The SMILES string of the molecule is COC(=O)[C@H]1CN2[C@H](c3ccccc3)[C@H](C(C)C)OC(=O)[C@@]2(C)[C@H]1C(=O)OC. The van der Waals surface area contributed by atoms with Crippen molar-refractivity contribution in [1.29, 1.82) is 0 Å². The van der Waals surface area contributed by atoms with Crippen molar-refractivity contribution in [1.82, 2.24) is 4.90 Å². The topological polar surface area (TPSA) is 82.1 Å². The first-order chi connectivity index (χ1) is 13.3. The van der Waals surface area contributed by atoms with E-state index in [9.17, 15) is 14.4 Å². The Morgan fingerprint density at radius 1 is 1.14 bits per heavy atom. The maximum absolute atomic E-state index is 13.2. The molecule has 1 aromatic carbocycles. The van der Waals surface area contributed by atoms with Crippen molar-refractivity contribution >= 4 is 17.9 Å². The standard InChI is InChI=1S/C21H27NO6/c1-12(2)17-16(13-9-7-6-8-10-13)22-11-14(18(23)26-4)15(19(24)27-5)21(22,3)20(25)28-17/h6-10,12,14-17H,11H2,1-5H3/t14-,15+,16+,17-,21+/m0/s1. The molecule has 7 nitrogen and oxygen atoms in total. The lowest BCUT2D eigenvalue weighted by atomic mass is 9.78. The zero-order chi connectivity index (χ0) is 20.6. The number of cyclic esters (lactones) is 1. The lowest BCUT2D eigenvalue weighted by Gasteiger charge is -2.49. The van der Waals surface area contributed by atoms with Crippen molar-refractivity contribution in [3.05, 3.63) is 35.9 Å². The largest absolute Gasteiger partial charge is 0.469 e. The Bertz CT molecular complexity index is 763. The van der Waals surface area contributed by atoms with Gasteiger partial charge < -0.3 is 14.2 Å². The minimum atomic E-state index is -1.32. The number of carbonyl (C=O) groups is 3. The number of methoxy groups -OCH3 is 2. The van der Waals surface area contributed by atoms with Crippen LogP contribution in [0.25, 0.3) is 0 Å². The molecule has 0 saturated carbocycles. The molecule has 2 saturated heterocycles. The third-order valence-corrected chi connectivity index (χ3v) is 6.06. The molecular weight excluding hydrogens is 362 g/mol. The summed E-state index contributed by atoms with van der Waals surface area (Å²) >= 11 is 0. The molecule has 0 aliphatic carbocycles. The van der Waals surface area contributed by atoms with Crippen LogP contribution in [0.1, 0.15) is 32.4 Å². The number of rotatable bonds is 4. The van der Waals surface area contributed by atoms with Gasteiger partial charge in [-0.3, -0.25) is 19.3 Å². The van der Waals surface area contributed by atoms with E-state index in [1.807, 2.05) is 49.1 Å². The van der Waals surface area contributed by atoms with Gasteiger partial charge in [-0.15, -0.1) is 0 Å². The molecule has 0 unspecified atom stereocenters. The van der Waals surface area contributed by atoms with E-state index < -0.39 is 41.4 Å². The quantitative estimate of drug-likeness (QED) is 0.575. The van der Waals surface area contributed by atoms with E-state index in [0.29, 0.717) is 0 Å². The van der Waals surface area contributed by atoms with Crippen LogP contribution in [0.4, 0.5) is 0 Å². The van der Waals surface area contributed by atoms with Gasteiger partial charge >= 0.3 is 17.9 Å². The van der Waals surface area contributed by atoms with Crippen molar-refractivity contribution in [2.75, 3.05) is 20.8 Å². The van der Waals surface area contributed by atoms with Crippen molar-refractivity contribution < 1.29 is 28.6 Å². The summed E-state index contributed by atoms with van der Waals surface area (Å²) in [4.78, 5) is 40.2. The van der Waals surface area contributed by atoms with E-state index >= 15 is 0 Å². The third-order valence-electron chi connectivity index (χ3n) is 6.06. The van der Waals surface area contributed by atoms with Crippen LogP contribution in [0.15, 0.2) is 30.3 Å². The number of carbonyl (C=O) groups excluding carboxylic acids is 3. The van der Waals surface area contributed by atoms with Gasteiger partial charge in [0.15, 0.2) is 0 Å². The van der Waals surface area contributed by atoms with Gasteiger partial charge in [0.25, 0.3) is 0 Å². The Labute approximate surface area is 164 Å². The fraction of sp³-hybridized carbons (Fsp3) is 0.571. The zero-order valence-corrected chi connectivity index (χ0v) is 16.9. The van der Waals surface area contributed by atoms with Crippen LogP contribution in [-0.2, 0) is 28.6 Å². The van der Waals surface area contributed by atoms with Gasteiger partial charge in [0, 0.05) is 6.54 Å². The molecule has 0 radical (unpaired) electrons. The lowest BCUT2D eigenvalue weighted by molar-refractivity contribution is -0.194. The van der Waals surface area contributed by atoms with Gasteiger partial charge in [0.1, 0.15) is 17.6 Å². The van der Waals surface area contributed by atoms with E-state index in [0.717, 1.165) is 5.56 Å². The second-order valence-corrected chi connectivity index (χ2v) is 7.90. The summed E-state index contributed by atoms with van der Waals surface area (Å²) in [6.07, 6.45) is -0.405. The van der Waals surface area contributed by atoms with Gasteiger partial charge in [-0.2, -0.15) is 0 Å². The molecule has 0 aromatic heterocycles. The van der Waals surface area contributed by atoms with Crippen molar-refractivity contribution in [2.45, 2.75) is 38.5 Å². The first-order valence-electron chi connectivity index (χ1n) is 9.45. The fourth-order valence-corrected chi connectivity index (χ4v) is 4.61. The molecule has 2 aliphatic rings. The first kappa shape index (κ1) is 20.3. The summed E-state index contributed by atoms with van der Waals surface area (Å²) in [5.41, 5.74) is -0.355. The summed E-state index contributed by atoms with van der Waals surface area (Å²) in [6, 6.07) is 9.42. The molecule has 7 heteroatoms. The number of ether oxygens (including phenoxy) is 3. The second-order valence-electron chi connectivity index (χ2n) is 7.90. The van der Waals surface area contributed by atoms with Crippen molar-refractivity contribution in [3.8, 4) is 0 Å². The molecule has 5 atom stereocenters. The number of hydrogen-bond donors (Lipinski definition) is 0. The Hall–Kier alpha value is -2.41. The van der Waals surface area contributed by atoms with Crippen molar-refractivity contribution in [3.63, 3.8) is 0 Å². The van der Waals surface area contributed by atoms with Crippen LogP contribution in [0.5, 0.6) is 0 Å². The van der Waals surface area contributed by atoms with E-state index in [2.05, 4.69) is 0 Å². The monoisotopic (exact) mass is 389 g/mol. The third kappa shape index (κ3) is 2.98. The lowest BCUT2D eigenvalue weighted by Crippen LogP contribution is -2.63. The number of hydrogen-bond acceptors (Lipinski definition) is 7. The molecule has 152 valence electrons. The molecule has 3 rings (SSSR count). The van der Waals surface area contributed by atoms with Gasteiger partial charge in [-0.05, 0) is 18.4 Å². The molecular formula is C21H27NO6. The Balaban J connectivity index is 2.16. The Morgan fingerprint density at radius 2 is 1.75 bits per heavy atom. The Kier molecular flexibility index (Phi) is 5.48. The Morgan fingerprint density at radius 3 is 2.29 bits per heavy atom. The van der Waals surface area contributed by atoms with Crippen LogP contribution in [-0.4, -0.2) is 55.2 Å². The van der Waals surface area contributed by atoms with Crippen LogP contribution in [0.2, 0.25) is 0 Å². The minimum Gasteiger partial charge on any atom is -0.469 e. The van der Waals surface area contributed by atoms with Gasteiger partial charge in [-0.1, -0.05) is 44.2 Å². The van der Waals surface area contributed by atoms with Crippen LogP contribution in [0, 0.1) is 17.8 Å².